The molecular formula is C25H30ClF2N7O3. The number of H-pyrrole nitrogens is 1. The Bertz CT molecular complexity index is 1260. The number of pyridine rings is 1. The topological polar surface area (TPSA) is 125 Å². The fraction of sp³-hybridized carbons (Fsp3) is 0.560. The first kappa shape index (κ1) is 26.3. The molecule has 1 saturated heterocycles. The summed E-state index contributed by atoms with van der Waals surface area (Å²) in [7, 11) is 0. The third kappa shape index (κ3) is 5.45. The average molecular weight is 550 g/mol. The molecule has 1 saturated carbocycles. The lowest BCUT2D eigenvalue weighted by molar-refractivity contribution is 0.0154. The number of aryl methyl sites for hydroxylation is 1. The fourth-order valence-corrected chi connectivity index (χ4v) is 5.80. The van der Waals surface area contributed by atoms with E-state index in [1.54, 1.807) is 12.1 Å². The van der Waals surface area contributed by atoms with Gasteiger partial charge in [0.15, 0.2) is 5.60 Å². The Hall–Kier alpha value is -3.28. The van der Waals surface area contributed by atoms with E-state index in [0.717, 1.165) is 25.0 Å². The fourth-order valence-electron chi connectivity index (χ4n) is 5.57. The molecule has 1 aliphatic carbocycles. The first-order chi connectivity index (χ1) is 18.0. The molecule has 2 amide bonds. The van der Waals surface area contributed by atoms with Crippen LogP contribution in [0, 0.1) is 12.8 Å². The quantitative estimate of drug-likeness (QED) is 0.496. The second-order valence-corrected chi connectivity index (χ2v) is 10.9. The number of amides is 2. The molecule has 2 aromatic rings. The maximum Gasteiger partial charge on any atom is 0.428 e. The zero-order chi connectivity index (χ0) is 27.1. The number of anilines is 1. The number of nitrogens with one attached hydrogen (secondary N) is 3. The van der Waals surface area contributed by atoms with E-state index in [0.29, 0.717) is 46.6 Å². The number of aromatic nitrogens is 3. The maximum atomic E-state index is 13.7. The van der Waals surface area contributed by atoms with Crippen LogP contribution in [-0.4, -0.2) is 63.5 Å². The Morgan fingerprint density at radius 3 is 2.71 bits per heavy atom. The number of rotatable bonds is 6. The number of hydrazone groups is 1. The molecule has 3 N–H and O–H groups in total. The van der Waals surface area contributed by atoms with E-state index < -0.39 is 24.2 Å². The van der Waals surface area contributed by atoms with Crippen LogP contribution in [0.2, 0.25) is 5.02 Å². The minimum absolute atomic E-state index is 0.0635. The molecule has 4 heterocycles. The summed E-state index contributed by atoms with van der Waals surface area (Å²) >= 11 is 6.60. The van der Waals surface area contributed by atoms with Crippen molar-refractivity contribution in [1.82, 2.24) is 25.9 Å². The van der Waals surface area contributed by atoms with Crippen molar-refractivity contribution in [2.24, 2.45) is 11.0 Å². The number of hydrogen-bond acceptors (Lipinski definition) is 7. The Kier molecular flexibility index (Phi) is 7.01. The molecule has 0 bridgehead atoms. The Labute approximate surface area is 223 Å². The standard InChI is InChI=1S/C25H30ClF2N7O3/c1-14(30-22(36)19-10-15(2)31-32-19)9-16-3-5-24(6-4-16)21(33-34-23(37)38-24)17-12-29-20(11-18(17)26)35-8-7-25(27,28)13-35/h10-12,14,16H,3-9,13H2,1-2H3,(H,30,36)(H,31,32)(H,34,37)/t14-,16?,24?/m0/s1. The van der Waals surface area contributed by atoms with Crippen molar-refractivity contribution < 1.29 is 23.1 Å². The Morgan fingerprint density at radius 2 is 2.08 bits per heavy atom. The summed E-state index contributed by atoms with van der Waals surface area (Å²) in [5, 5.41) is 14.4. The number of aromatic amines is 1. The molecule has 2 aromatic heterocycles. The van der Waals surface area contributed by atoms with Gasteiger partial charge in [-0.25, -0.2) is 24.0 Å². The van der Waals surface area contributed by atoms with E-state index in [4.69, 9.17) is 16.3 Å². The number of nitrogens with zero attached hydrogens (tertiary/aromatic N) is 4. The van der Waals surface area contributed by atoms with Gasteiger partial charge in [0.2, 0.25) is 0 Å². The molecule has 204 valence electrons. The summed E-state index contributed by atoms with van der Waals surface area (Å²) in [6, 6.07) is 3.19. The summed E-state index contributed by atoms with van der Waals surface area (Å²) in [6.07, 6.45) is 3.97. The summed E-state index contributed by atoms with van der Waals surface area (Å²) < 4.78 is 33.2. The largest absolute Gasteiger partial charge is 0.435 e. The highest BCUT2D eigenvalue weighted by atomic mass is 35.5. The molecule has 3 aliphatic rings. The summed E-state index contributed by atoms with van der Waals surface area (Å²) in [4.78, 5) is 30.5. The van der Waals surface area contributed by atoms with Crippen LogP contribution in [0.5, 0.6) is 0 Å². The van der Waals surface area contributed by atoms with Gasteiger partial charge < -0.3 is 15.0 Å². The van der Waals surface area contributed by atoms with Crippen molar-refractivity contribution in [3.63, 3.8) is 0 Å². The molecule has 1 atom stereocenters. The van der Waals surface area contributed by atoms with Crippen LogP contribution in [0.3, 0.4) is 0 Å². The van der Waals surface area contributed by atoms with Crippen LogP contribution >= 0.6 is 11.6 Å². The predicted octanol–water partition coefficient (Wildman–Crippen LogP) is 4.19. The molecule has 2 fully saturated rings. The third-order valence-electron chi connectivity index (χ3n) is 7.48. The highest BCUT2D eigenvalue weighted by molar-refractivity contribution is 6.35. The molecule has 5 rings (SSSR count). The number of carbonyl (C=O) groups is 2. The van der Waals surface area contributed by atoms with Gasteiger partial charge in [-0.3, -0.25) is 9.89 Å². The van der Waals surface area contributed by atoms with E-state index >= 15 is 0 Å². The number of alkyl halides is 2. The van der Waals surface area contributed by atoms with Crippen LogP contribution in [0.4, 0.5) is 19.4 Å². The van der Waals surface area contributed by atoms with Gasteiger partial charge in [0.1, 0.15) is 17.2 Å². The summed E-state index contributed by atoms with van der Waals surface area (Å²) in [5.74, 6) is -2.30. The molecule has 38 heavy (non-hydrogen) atoms. The van der Waals surface area contributed by atoms with E-state index in [1.807, 2.05) is 13.8 Å². The van der Waals surface area contributed by atoms with E-state index in [-0.39, 0.29) is 24.9 Å². The van der Waals surface area contributed by atoms with Crippen LogP contribution in [0.1, 0.15) is 67.2 Å². The highest BCUT2D eigenvalue weighted by Crippen LogP contribution is 2.42. The highest BCUT2D eigenvalue weighted by Gasteiger charge is 2.47. The molecule has 0 radical (unpaired) electrons. The first-order valence-electron chi connectivity index (χ1n) is 12.7. The number of halogens is 3. The van der Waals surface area contributed by atoms with Gasteiger partial charge in [-0.05, 0) is 64.0 Å². The molecule has 0 unspecified atom stereocenters. The van der Waals surface area contributed by atoms with Crippen molar-refractivity contribution in [2.75, 3.05) is 18.0 Å². The Balaban J connectivity index is 1.25. The van der Waals surface area contributed by atoms with Crippen molar-refractivity contribution in [2.45, 2.75) is 69.9 Å². The monoisotopic (exact) mass is 549 g/mol. The van der Waals surface area contributed by atoms with Gasteiger partial charge in [0, 0.05) is 36.5 Å². The zero-order valence-electron chi connectivity index (χ0n) is 21.2. The first-order valence-corrected chi connectivity index (χ1v) is 13.1. The minimum atomic E-state index is -2.75. The molecule has 2 aliphatic heterocycles. The second kappa shape index (κ2) is 10.1. The van der Waals surface area contributed by atoms with Crippen LogP contribution in [0.25, 0.3) is 0 Å². The molecule has 1 spiro atoms. The lowest BCUT2D eigenvalue weighted by Gasteiger charge is -2.42. The van der Waals surface area contributed by atoms with Gasteiger partial charge in [-0.2, -0.15) is 10.2 Å². The number of hydrogen-bond donors (Lipinski definition) is 3. The lowest BCUT2D eigenvalue weighted by Crippen LogP contribution is -2.52. The van der Waals surface area contributed by atoms with Crippen molar-refractivity contribution in [3.05, 3.63) is 40.3 Å². The predicted molar refractivity (Wildman–Crippen MR) is 137 cm³/mol. The molecular weight excluding hydrogens is 520 g/mol. The second-order valence-electron chi connectivity index (χ2n) is 10.5. The van der Waals surface area contributed by atoms with E-state index in [9.17, 15) is 18.4 Å². The van der Waals surface area contributed by atoms with E-state index in [1.165, 1.54) is 11.1 Å². The summed E-state index contributed by atoms with van der Waals surface area (Å²) in [5.41, 5.74) is 3.54. The van der Waals surface area contributed by atoms with Gasteiger partial charge >= 0.3 is 6.09 Å². The van der Waals surface area contributed by atoms with Gasteiger partial charge in [-0.15, -0.1) is 0 Å². The van der Waals surface area contributed by atoms with Gasteiger partial charge in [-0.1, -0.05) is 11.6 Å². The van der Waals surface area contributed by atoms with Crippen LogP contribution in [0.15, 0.2) is 23.4 Å². The lowest BCUT2D eigenvalue weighted by atomic mass is 9.73. The molecule has 0 aromatic carbocycles. The smallest absolute Gasteiger partial charge is 0.428 e. The Morgan fingerprint density at radius 1 is 1.32 bits per heavy atom. The van der Waals surface area contributed by atoms with Crippen LogP contribution in [-0.2, 0) is 4.74 Å². The van der Waals surface area contributed by atoms with Crippen molar-refractivity contribution in [1.29, 1.82) is 0 Å². The normalized spacial score (nSPS) is 25.5. The van der Waals surface area contributed by atoms with Gasteiger partial charge in [0.25, 0.3) is 11.8 Å². The van der Waals surface area contributed by atoms with Crippen molar-refractivity contribution >= 4 is 35.1 Å². The molecule has 10 nitrogen and oxygen atoms in total. The zero-order valence-corrected chi connectivity index (χ0v) is 21.9. The van der Waals surface area contributed by atoms with Gasteiger partial charge in [0.05, 0.1) is 11.6 Å². The number of ether oxygens (including phenoxy) is 1. The average Bonchev–Trinajstić information content (AvgIpc) is 3.46. The minimum Gasteiger partial charge on any atom is -0.435 e. The SMILES string of the molecule is Cc1cc(C(=O)N[C@@H](C)CC2CCC3(CC2)OC(=O)NN=C3c2cnc(N3CCC(F)(F)C3)cc2Cl)n[nH]1. The van der Waals surface area contributed by atoms with Crippen LogP contribution < -0.4 is 15.6 Å². The third-order valence-corrected chi connectivity index (χ3v) is 7.79. The maximum absolute atomic E-state index is 13.7. The van der Waals surface area contributed by atoms with E-state index in [2.05, 4.69) is 31.0 Å². The molecule has 13 heteroatoms. The summed E-state index contributed by atoms with van der Waals surface area (Å²) in [6.45, 7) is 3.59. The number of carbonyl (C=O) groups excluding carboxylic acids is 2. The van der Waals surface area contributed by atoms with Crippen molar-refractivity contribution in [3.8, 4) is 0 Å².